The van der Waals surface area contributed by atoms with Crippen LogP contribution in [0, 0.1) is 11.8 Å². The second kappa shape index (κ2) is 12.5. The van der Waals surface area contributed by atoms with E-state index in [1.54, 1.807) is 14.2 Å². The van der Waals surface area contributed by atoms with Crippen LogP contribution >= 0.6 is 0 Å². The minimum Gasteiger partial charge on any atom is -0.496 e. The van der Waals surface area contributed by atoms with E-state index in [0.717, 1.165) is 64.1 Å². The van der Waals surface area contributed by atoms with Crippen LogP contribution in [0.3, 0.4) is 0 Å². The third-order valence-electron chi connectivity index (χ3n) is 7.17. The smallest absolute Gasteiger partial charge is 0.123 e. The fourth-order valence-corrected chi connectivity index (χ4v) is 5.30. The summed E-state index contributed by atoms with van der Waals surface area (Å²) >= 11 is 0. The number of ether oxygens (including phenoxy) is 2. The van der Waals surface area contributed by atoms with Crippen LogP contribution in [0.5, 0.6) is 5.75 Å². The van der Waals surface area contributed by atoms with Crippen molar-refractivity contribution in [1.29, 1.82) is 0 Å². The summed E-state index contributed by atoms with van der Waals surface area (Å²) in [6.07, 6.45) is 2.50. The summed E-state index contributed by atoms with van der Waals surface area (Å²) in [5.74, 6) is 2.29. The lowest BCUT2D eigenvalue weighted by Crippen LogP contribution is -2.42. The van der Waals surface area contributed by atoms with Crippen LogP contribution in [0.15, 0.2) is 54.6 Å². The number of likely N-dealkylation sites (tertiary alicyclic amines) is 1. The molecule has 0 spiro atoms. The lowest BCUT2D eigenvalue weighted by molar-refractivity contribution is 0.0995. The lowest BCUT2D eigenvalue weighted by atomic mass is 9.92. The molecule has 0 aliphatic carbocycles. The average Bonchev–Trinajstić information content (AvgIpc) is 3.32. The molecule has 0 saturated carbocycles. The van der Waals surface area contributed by atoms with Crippen molar-refractivity contribution < 1.29 is 9.47 Å². The van der Waals surface area contributed by atoms with Crippen LogP contribution in [0.1, 0.15) is 30.0 Å². The zero-order valence-corrected chi connectivity index (χ0v) is 20.2. The van der Waals surface area contributed by atoms with Gasteiger partial charge in [0.15, 0.2) is 0 Å². The van der Waals surface area contributed by atoms with Gasteiger partial charge >= 0.3 is 0 Å². The van der Waals surface area contributed by atoms with Crippen LogP contribution < -0.4 is 15.6 Å². The van der Waals surface area contributed by atoms with E-state index in [1.807, 2.05) is 6.07 Å². The zero-order valence-electron chi connectivity index (χ0n) is 20.2. The number of hydrazine groups is 1. The number of nitrogens with one attached hydrogen (secondary N) is 2. The SMILES string of the molecule is COCCN(CC1CCN(Cc2ccccc2OC)CC1)CC1CNNC1c1ccccc1. The Labute approximate surface area is 199 Å². The topological polar surface area (TPSA) is 49.0 Å². The third-order valence-corrected chi connectivity index (χ3v) is 7.17. The molecule has 0 amide bonds. The van der Waals surface area contributed by atoms with E-state index in [1.165, 1.54) is 24.0 Å². The second-order valence-corrected chi connectivity index (χ2v) is 9.46. The molecule has 0 bridgehead atoms. The molecule has 2 atom stereocenters. The number of nitrogens with zero attached hydrogens (tertiary/aromatic N) is 2. The van der Waals surface area contributed by atoms with Crippen LogP contribution in [0.2, 0.25) is 0 Å². The van der Waals surface area contributed by atoms with Crippen LogP contribution in [0.25, 0.3) is 0 Å². The van der Waals surface area contributed by atoms with Crippen LogP contribution in [0.4, 0.5) is 0 Å². The summed E-state index contributed by atoms with van der Waals surface area (Å²) in [5, 5.41) is 0. The molecule has 2 aliphatic heterocycles. The van der Waals surface area contributed by atoms with Gasteiger partial charge in [0.05, 0.1) is 19.8 Å². The maximum absolute atomic E-state index is 5.55. The predicted molar refractivity (Wildman–Crippen MR) is 133 cm³/mol. The van der Waals surface area contributed by atoms with Crippen molar-refractivity contribution in [3.8, 4) is 5.75 Å². The van der Waals surface area contributed by atoms with Gasteiger partial charge in [0.1, 0.15) is 5.75 Å². The molecule has 2 N–H and O–H groups in total. The van der Waals surface area contributed by atoms with Gasteiger partial charge in [0.25, 0.3) is 0 Å². The van der Waals surface area contributed by atoms with Crippen molar-refractivity contribution in [2.75, 3.05) is 60.1 Å². The highest BCUT2D eigenvalue weighted by atomic mass is 16.5. The number of benzene rings is 2. The normalized spacial score (nSPS) is 22.2. The largest absolute Gasteiger partial charge is 0.496 e. The third kappa shape index (κ3) is 6.78. The number of piperidine rings is 1. The first-order chi connectivity index (χ1) is 16.3. The molecule has 6 heteroatoms. The van der Waals surface area contributed by atoms with E-state index in [0.29, 0.717) is 12.0 Å². The van der Waals surface area contributed by atoms with E-state index in [4.69, 9.17) is 9.47 Å². The molecular weight excluding hydrogens is 412 g/mol. The molecule has 2 aliphatic rings. The highest BCUT2D eigenvalue weighted by molar-refractivity contribution is 5.33. The number of hydrogen-bond acceptors (Lipinski definition) is 6. The van der Waals surface area contributed by atoms with E-state index in [2.05, 4.69) is 69.2 Å². The molecular formula is C27H40N4O2. The number of para-hydroxylation sites is 1. The monoisotopic (exact) mass is 452 g/mol. The summed E-state index contributed by atoms with van der Waals surface area (Å²) in [7, 11) is 3.57. The number of rotatable bonds is 11. The lowest BCUT2D eigenvalue weighted by Gasteiger charge is -2.36. The van der Waals surface area contributed by atoms with Gasteiger partial charge < -0.3 is 14.4 Å². The van der Waals surface area contributed by atoms with Crippen molar-refractivity contribution in [1.82, 2.24) is 20.7 Å². The molecule has 2 fully saturated rings. The second-order valence-electron chi connectivity index (χ2n) is 9.46. The van der Waals surface area contributed by atoms with Gasteiger partial charge in [-0.25, -0.2) is 5.43 Å². The van der Waals surface area contributed by atoms with Gasteiger partial charge in [-0.2, -0.15) is 0 Å². The molecule has 2 aromatic rings. The quantitative estimate of drug-likeness (QED) is 0.546. The Morgan fingerprint density at radius 1 is 0.970 bits per heavy atom. The highest BCUT2D eigenvalue weighted by Crippen LogP contribution is 2.27. The highest BCUT2D eigenvalue weighted by Gasteiger charge is 2.31. The van der Waals surface area contributed by atoms with Crippen LogP contribution in [-0.4, -0.2) is 69.9 Å². The zero-order chi connectivity index (χ0) is 22.9. The maximum atomic E-state index is 5.55. The molecule has 2 aromatic carbocycles. The minimum absolute atomic E-state index is 0.360. The first kappa shape index (κ1) is 24.2. The first-order valence-corrected chi connectivity index (χ1v) is 12.4. The fourth-order valence-electron chi connectivity index (χ4n) is 5.30. The minimum atomic E-state index is 0.360. The summed E-state index contributed by atoms with van der Waals surface area (Å²) < 4.78 is 11.0. The molecule has 0 aromatic heterocycles. The summed E-state index contributed by atoms with van der Waals surface area (Å²) in [4.78, 5) is 5.21. The van der Waals surface area contributed by atoms with Crippen molar-refractivity contribution in [2.45, 2.75) is 25.4 Å². The standard InChI is InChI=1S/C27H40N4O2/c1-32-17-16-31(21-25-18-28-29-27(25)23-8-4-3-5-9-23)19-22-12-14-30(15-13-22)20-24-10-6-7-11-26(24)33-2/h3-11,22,25,27-29H,12-21H2,1-2H3. The Bertz CT molecular complexity index is 826. The van der Waals surface area contributed by atoms with E-state index in [-0.39, 0.29) is 0 Å². The first-order valence-electron chi connectivity index (χ1n) is 12.4. The van der Waals surface area contributed by atoms with Gasteiger partial charge in [-0.05, 0) is 43.5 Å². The van der Waals surface area contributed by atoms with E-state index < -0.39 is 0 Å². The summed E-state index contributed by atoms with van der Waals surface area (Å²) in [6, 6.07) is 19.6. The van der Waals surface area contributed by atoms with Gasteiger partial charge in [-0.1, -0.05) is 48.5 Å². The van der Waals surface area contributed by atoms with Gasteiger partial charge in [-0.3, -0.25) is 10.3 Å². The number of hydrogen-bond donors (Lipinski definition) is 2. The van der Waals surface area contributed by atoms with Crippen molar-refractivity contribution in [3.63, 3.8) is 0 Å². The summed E-state index contributed by atoms with van der Waals surface area (Å²) in [5.41, 5.74) is 9.55. The Morgan fingerprint density at radius 2 is 1.73 bits per heavy atom. The molecule has 6 nitrogen and oxygen atoms in total. The Balaban J connectivity index is 1.30. The predicted octanol–water partition coefficient (Wildman–Crippen LogP) is 3.32. The Hall–Kier alpha value is -1.96. The average molecular weight is 453 g/mol. The van der Waals surface area contributed by atoms with Crippen LogP contribution in [-0.2, 0) is 11.3 Å². The molecule has 2 saturated heterocycles. The molecule has 2 heterocycles. The molecule has 33 heavy (non-hydrogen) atoms. The molecule has 2 unspecified atom stereocenters. The fraction of sp³-hybridized carbons (Fsp3) is 0.556. The van der Waals surface area contributed by atoms with Crippen molar-refractivity contribution in [2.24, 2.45) is 11.8 Å². The van der Waals surface area contributed by atoms with E-state index in [9.17, 15) is 0 Å². The molecule has 4 rings (SSSR count). The maximum Gasteiger partial charge on any atom is 0.123 e. The van der Waals surface area contributed by atoms with Gasteiger partial charge in [0.2, 0.25) is 0 Å². The van der Waals surface area contributed by atoms with Gasteiger partial charge in [-0.15, -0.1) is 0 Å². The van der Waals surface area contributed by atoms with E-state index >= 15 is 0 Å². The Morgan fingerprint density at radius 3 is 2.48 bits per heavy atom. The number of methoxy groups -OCH3 is 2. The molecule has 0 radical (unpaired) electrons. The van der Waals surface area contributed by atoms with Crippen molar-refractivity contribution >= 4 is 0 Å². The van der Waals surface area contributed by atoms with Crippen molar-refractivity contribution in [3.05, 3.63) is 65.7 Å². The summed E-state index contributed by atoms with van der Waals surface area (Å²) in [6.45, 7) is 8.31. The molecule has 180 valence electrons. The van der Waals surface area contributed by atoms with Gasteiger partial charge in [0, 0.05) is 51.3 Å². The Kier molecular flexibility index (Phi) is 9.15.